The number of esters is 1. The van der Waals surface area contributed by atoms with E-state index < -0.39 is 6.10 Å². The zero-order valence-corrected chi connectivity index (χ0v) is 16.9. The summed E-state index contributed by atoms with van der Waals surface area (Å²) < 4.78 is 10.8. The molecule has 1 unspecified atom stereocenters. The lowest BCUT2D eigenvalue weighted by Gasteiger charge is -2.19. The second-order valence-electron chi connectivity index (χ2n) is 6.82. The molecule has 150 valence electrons. The van der Waals surface area contributed by atoms with E-state index in [1.165, 1.54) is 13.5 Å². The topological polar surface area (TPSA) is 52.6 Å². The van der Waals surface area contributed by atoms with Crippen LogP contribution in [-0.4, -0.2) is 25.5 Å². The van der Waals surface area contributed by atoms with Crippen molar-refractivity contribution in [1.82, 2.24) is 0 Å². The third-order valence-electron chi connectivity index (χ3n) is 4.73. The van der Waals surface area contributed by atoms with Crippen LogP contribution in [0.25, 0.3) is 0 Å². The fourth-order valence-electron chi connectivity index (χ4n) is 3.14. The van der Waals surface area contributed by atoms with E-state index in [1.807, 2.05) is 54.6 Å². The van der Waals surface area contributed by atoms with E-state index >= 15 is 0 Å². The van der Waals surface area contributed by atoms with E-state index in [1.54, 1.807) is 0 Å². The second-order valence-corrected chi connectivity index (χ2v) is 6.82. The van der Waals surface area contributed by atoms with Crippen LogP contribution in [0.5, 0.6) is 0 Å². The Morgan fingerprint density at radius 1 is 0.929 bits per heavy atom. The Kier molecular flexibility index (Phi) is 9.43. The number of hydrogen-bond donors (Lipinski definition) is 0. The highest BCUT2D eigenvalue weighted by atomic mass is 16.5. The van der Waals surface area contributed by atoms with Gasteiger partial charge in [-0.15, -0.1) is 0 Å². The molecule has 4 heteroatoms. The van der Waals surface area contributed by atoms with Gasteiger partial charge in [0.05, 0.1) is 7.11 Å². The van der Waals surface area contributed by atoms with Crippen molar-refractivity contribution in [1.29, 1.82) is 0 Å². The summed E-state index contributed by atoms with van der Waals surface area (Å²) in [6.45, 7) is 2.72. The van der Waals surface area contributed by atoms with E-state index in [9.17, 15) is 9.59 Å². The van der Waals surface area contributed by atoms with E-state index in [-0.39, 0.29) is 18.2 Å². The molecule has 0 amide bonds. The predicted octanol–water partition coefficient (Wildman–Crippen LogP) is 5.31. The Bertz CT molecular complexity index is 739. The van der Waals surface area contributed by atoms with Crippen molar-refractivity contribution in [2.24, 2.45) is 0 Å². The highest BCUT2D eigenvalue weighted by Crippen LogP contribution is 2.25. The van der Waals surface area contributed by atoms with Gasteiger partial charge < -0.3 is 9.47 Å². The first-order valence-electron chi connectivity index (χ1n) is 10.0. The maximum Gasteiger partial charge on any atom is 0.305 e. The van der Waals surface area contributed by atoms with Crippen molar-refractivity contribution in [2.75, 3.05) is 13.7 Å². The lowest BCUT2D eigenvalue weighted by molar-refractivity contribution is -0.140. The van der Waals surface area contributed by atoms with Gasteiger partial charge in [0.2, 0.25) is 0 Å². The minimum absolute atomic E-state index is 0.0674. The number of Topliss-reactive ketones (excluding diaryl/α,β-unsaturated/α-hetero) is 1. The molecule has 0 radical (unpaired) electrons. The van der Waals surface area contributed by atoms with Crippen LogP contribution in [0.2, 0.25) is 0 Å². The predicted molar refractivity (Wildman–Crippen MR) is 110 cm³/mol. The van der Waals surface area contributed by atoms with Crippen LogP contribution in [0.4, 0.5) is 0 Å². The fraction of sp³-hybridized carbons (Fsp3) is 0.417. The molecular weight excluding hydrogens is 352 g/mol. The standard InChI is InChI=1S/C24H30O4/c1-3-4-5-11-18-28-24(20-13-7-6-8-14-20)23(26)21-15-10-9-12-19(21)16-17-22(25)27-2/h6-10,12-15,24H,3-5,11,16-18H2,1-2H3. The number of carbonyl (C=O) groups excluding carboxylic acids is 2. The number of unbranched alkanes of at least 4 members (excludes halogenated alkanes) is 3. The van der Waals surface area contributed by atoms with Crippen LogP contribution < -0.4 is 0 Å². The van der Waals surface area contributed by atoms with E-state index in [4.69, 9.17) is 9.47 Å². The number of methoxy groups -OCH3 is 1. The quantitative estimate of drug-likeness (QED) is 0.283. The molecule has 4 nitrogen and oxygen atoms in total. The van der Waals surface area contributed by atoms with Crippen molar-refractivity contribution in [3.8, 4) is 0 Å². The van der Waals surface area contributed by atoms with Gasteiger partial charge in [0.15, 0.2) is 5.78 Å². The molecule has 0 heterocycles. The van der Waals surface area contributed by atoms with E-state index in [2.05, 4.69) is 6.92 Å². The van der Waals surface area contributed by atoms with Gasteiger partial charge in [0.25, 0.3) is 0 Å². The number of hydrogen-bond acceptors (Lipinski definition) is 4. The normalized spacial score (nSPS) is 11.8. The SMILES string of the molecule is CCCCCCOC(C(=O)c1ccccc1CCC(=O)OC)c1ccccc1. The monoisotopic (exact) mass is 382 g/mol. The van der Waals surface area contributed by atoms with Crippen LogP contribution in [0.1, 0.15) is 66.6 Å². The first-order valence-corrected chi connectivity index (χ1v) is 10.0. The van der Waals surface area contributed by atoms with Crippen LogP contribution >= 0.6 is 0 Å². The van der Waals surface area contributed by atoms with Gasteiger partial charge in [-0.25, -0.2) is 0 Å². The van der Waals surface area contributed by atoms with Gasteiger partial charge in [-0.3, -0.25) is 9.59 Å². The van der Waals surface area contributed by atoms with Crippen LogP contribution in [0.3, 0.4) is 0 Å². The van der Waals surface area contributed by atoms with Gasteiger partial charge in [0.1, 0.15) is 6.10 Å². The Labute approximate surface area is 167 Å². The van der Waals surface area contributed by atoms with Crippen LogP contribution in [0.15, 0.2) is 54.6 Å². The minimum Gasteiger partial charge on any atom is -0.469 e. The highest BCUT2D eigenvalue weighted by Gasteiger charge is 2.24. The summed E-state index contributed by atoms with van der Waals surface area (Å²) in [6, 6.07) is 17.0. The first-order chi connectivity index (χ1) is 13.7. The molecule has 0 saturated carbocycles. The molecule has 0 bridgehead atoms. The smallest absolute Gasteiger partial charge is 0.305 e. The first kappa shape index (κ1) is 21.8. The molecule has 0 aliphatic carbocycles. The lowest BCUT2D eigenvalue weighted by atomic mass is 9.94. The average Bonchev–Trinajstić information content (AvgIpc) is 2.75. The highest BCUT2D eigenvalue weighted by molar-refractivity contribution is 6.01. The summed E-state index contributed by atoms with van der Waals surface area (Å²) in [5, 5.41) is 0. The molecule has 0 aliphatic rings. The van der Waals surface area contributed by atoms with Crippen molar-refractivity contribution in [2.45, 2.75) is 51.6 Å². The maximum atomic E-state index is 13.4. The third kappa shape index (κ3) is 6.61. The van der Waals surface area contributed by atoms with E-state index in [0.29, 0.717) is 18.6 Å². The minimum atomic E-state index is -0.637. The Balaban J connectivity index is 2.18. The van der Waals surface area contributed by atoms with Crippen molar-refractivity contribution >= 4 is 11.8 Å². The zero-order valence-electron chi connectivity index (χ0n) is 16.9. The molecule has 28 heavy (non-hydrogen) atoms. The largest absolute Gasteiger partial charge is 0.469 e. The molecule has 0 aromatic heterocycles. The van der Waals surface area contributed by atoms with Gasteiger partial charge in [-0.2, -0.15) is 0 Å². The Hall–Kier alpha value is -2.46. The number of benzene rings is 2. The van der Waals surface area contributed by atoms with E-state index in [0.717, 1.165) is 30.4 Å². The second kappa shape index (κ2) is 12.1. The number of ketones is 1. The Morgan fingerprint density at radius 3 is 2.36 bits per heavy atom. The molecule has 0 saturated heterocycles. The molecule has 2 aromatic rings. The molecule has 0 aliphatic heterocycles. The molecule has 1 atom stereocenters. The summed E-state index contributed by atoms with van der Waals surface area (Å²) in [5.41, 5.74) is 2.30. The van der Waals surface area contributed by atoms with Crippen molar-refractivity contribution < 1.29 is 19.1 Å². The summed E-state index contributed by atoms with van der Waals surface area (Å²) in [4.78, 5) is 24.9. The van der Waals surface area contributed by atoms with Crippen molar-refractivity contribution in [3.63, 3.8) is 0 Å². The lowest BCUT2D eigenvalue weighted by Crippen LogP contribution is -2.19. The number of aryl methyl sites for hydroxylation is 1. The molecule has 0 N–H and O–H groups in total. The molecule has 0 spiro atoms. The van der Waals surface area contributed by atoms with Gasteiger partial charge in [-0.1, -0.05) is 80.8 Å². The average molecular weight is 383 g/mol. The van der Waals surface area contributed by atoms with Gasteiger partial charge in [-0.05, 0) is 24.0 Å². The molecule has 2 aromatic carbocycles. The maximum absolute atomic E-state index is 13.4. The van der Waals surface area contributed by atoms with Crippen LogP contribution in [-0.2, 0) is 20.7 Å². The van der Waals surface area contributed by atoms with Gasteiger partial charge >= 0.3 is 5.97 Å². The summed E-state index contributed by atoms with van der Waals surface area (Å²) >= 11 is 0. The Morgan fingerprint density at radius 2 is 1.64 bits per heavy atom. The van der Waals surface area contributed by atoms with Crippen LogP contribution in [0, 0.1) is 0 Å². The van der Waals surface area contributed by atoms with Gasteiger partial charge in [0, 0.05) is 18.6 Å². The fourth-order valence-corrected chi connectivity index (χ4v) is 3.14. The molecular formula is C24H30O4. The summed E-state index contributed by atoms with van der Waals surface area (Å²) in [5.74, 6) is -0.351. The number of ether oxygens (including phenoxy) is 2. The zero-order chi connectivity index (χ0) is 20.2. The number of carbonyl (C=O) groups is 2. The third-order valence-corrected chi connectivity index (χ3v) is 4.73. The summed E-state index contributed by atoms with van der Waals surface area (Å²) in [6.07, 6.45) is 4.44. The molecule has 2 rings (SSSR count). The summed E-state index contributed by atoms with van der Waals surface area (Å²) in [7, 11) is 1.37. The van der Waals surface area contributed by atoms with Crippen molar-refractivity contribution in [3.05, 3.63) is 71.3 Å². The molecule has 0 fully saturated rings. The number of rotatable bonds is 12.